The number of piperazine rings is 1. The Morgan fingerprint density at radius 1 is 1.43 bits per heavy atom. The van der Waals surface area contributed by atoms with Crippen molar-refractivity contribution in [2.75, 3.05) is 19.7 Å². The summed E-state index contributed by atoms with van der Waals surface area (Å²) in [6.07, 6.45) is 0.0286. The molecule has 1 heterocycles. The van der Waals surface area contributed by atoms with E-state index in [1.165, 1.54) is 12.1 Å². The van der Waals surface area contributed by atoms with Crippen molar-refractivity contribution < 1.29 is 18.7 Å². The van der Waals surface area contributed by atoms with Gasteiger partial charge < -0.3 is 10.1 Å². The van der Waals surface area contributed by atoms with E-state index in [0.717, 1.165) is 5.56 Å². The number of carbonyl (C=O) groups excluding carboxylic acids is 2. The van der Waals surface area contributed by atoms with Crippen LogP contribution < -0.4 is 5.32 Å². The molecule has 1 aromatic rings. The van der Waals surface area contributed by atoms with Crippen molar-refractivity contribution in [2.24, 2.45) is 0 Å². The summed E-state index contributed by atoms with van der Waals surface area (Å²) in [7, 11) is 0. The number of carbonyl (C=O) groups is 2. The third-order valence-electron chi connectivity index (χ3n) is 3.41. The summed E-state index contributed by atoms with van der Waals surface area (Å²) in [5.41, 5.74) is 0.903. The first kappa shape index (κ1) is 15.4. The number of rotatable bonds is 5. The molecule has 1 aromatic carbocycles. The lowest BCUT2D eigenvalue weighted by molar-refractivity contribution is -0.148. The SMILES string of the molecule is CCOC(=O)C[C@H]1C(=O)NCCN1Cc1ccc(F)cc1. The first-order valence-corrected chi connectivity index (χ1v) is 7.02. The third kappa shape index (κ3) is 4.26. The summed E-state index contributed by atoms with van der Waals surface area (Å²) in [6.45, 7) is 3.71. The van der Waals surface area contributed by atoms with Crippen molar-refractivity contribution in [1.82, 2.24) is 10.2 Å². The minimum atomic E-state index is -0.539. The molecule has 0 bridgehead atoms. The van der Waals surface area contributed by atoms with Crippen LogP contribution in [0.2, 0.25) is 0 Å². The number of hydrogen-bond acceptors (Lipinski definition) is 4. The highest BCUT2D eigenvalue weighted by molar-refractivity contribution is 5.87. The Morgan fingerprint density at radius 2 is 2.14 bits per heavy atom. The van der Waals surface area contributed by atoms with Gasteiger partial charge in [0.25, 0.3) is 0 Å². The van der Waals surface area contributed by atoms with E-state index in [1.54, 1.807) is 19.1 Å². The molecule has 0 aliphatic carbocycles. The molecule has 0 unspecified atom stereocenters. The predicted octanol–water partition coefficient (Wildman–Crippen LogP) is 1.08. The molecule has 114 valence electrons. The van der Waals surface area contributed by atoms with Gasteiger partial charge in [-0.15, -0.1) is 0 Å². The van der Waals surface area contributed by atoms with Gasteiger partial charge in [0.2, 0.25) is 5.91 Å². The highest BCUT2D eigenvalue weighted by Crippen LogP contribution is 2.15. The number of ether oxygens (including phenoxy) is 1. The van der Waals surface area contributed by atoms with Gasteiger partial charge in [-0.1, -0.05) is 12.1 Å². The van der Waals surface area contributed by atoms with Crippen molar-refractivity contribution in [3.05, 3.63) is 35.6 Å². The van der Waals surface area contributed by atoms with Gasteiger partial charge in [-0.2, -0.15) is 0 Å². The molecule has 1 amide bonds. The summed E-state index contributed by atoms with van der Waals surface area (Å²) in [5, 5.41) is 2.76. The van der Waals surface area contributed by atoms with E-state index in [9.17, 15) is 14.0 Å². The molecule has 0 radical (unpaired) electrons. The van der Waals surface area contributed by atoms with Gasteiger partial charge in [0, 0.05) is 19.6 Å². The standard InChI is InChI=1S/C15H19FN2O3/c1-2-21-14(19)9-13-15(20)17-7-8-18(13)10-11-3-5-12(16)6-4-11/h3-6,13H,2,7-10H2,1H3,(H,17,20)/t13-/m0/s1. The fraction of sp³-hybridized carbons (Fsp3) is 0.467. The lowest BCUT2D eigenvalue weighted by atomic mass is 10.1. The van der Waals surface area contributed by atoms with Gasteiger partial charge in [-0.25, -0.2) is 4.39 Å². The van der Waals surface area contributed by atoms with E-state index >= 15 is 0 Å². The van der Waals surface area contributed by atoms with Gasteiger partial charge in [0.05, 0.1) is 13.0 Å². The second-order valence-corrected chi connectivity index (χ2v) is 4.91. The van der Waals surface area contributed by atoms with Gasteiger partial charge in [-0.05, 0) is 24.6 Å². The second-order valence-electron chi connectivity index (χ2n) is 4.91. The van der Waals surface area contributed by atoms with Crippen LogP contribution in [0, 0.1) is 5.82 Å². The van der Waals surface area contributed by atoms with E-state index < -0.39 is 6.04 Å². The topological polar surface area (TPSA) is 58.6 Å². The molecule has 0 saturated carbocycles. The van der Waals surface area contributed by atoms with Gasteiger partial charge in [-0.3, -0.25) is 14.5 Å². The van der Waals surface area contributed by atoms with Gasteiger partial charge >= 0.3 is 5.97 Å². The first-order valence-electron chi connectivity index (χ1n) is 7.02. The van der Waals surface area contributed by atoms with Crippen LogP contribution in [-0.2, 0) is 20.9 Å². The van der Waals surface area contributed by atoms with Crippen LogP contribution >= 0.6 is 0 Å². The lowest BCUT2D eigenvalue weighted by Gasteiger charge is -2.34. The predicted molar refractivity (Wildman–Crippen MR) is 74.9 cm³/mol. The summed E-state index contributed by atoms with van der Waals surface area (Å²) in [6, 6.07) is 5.61. The van der Waals surface area contributed by atoms with Gasteiger partial charge in [0.15, 0.2) is 0 Å². The minimum absolute atomic E-state index is 0.0286. The average Bonchev–Trinajstić information content (AvgIpc) is 2.45. The molecule has 1 fully saturated rings. The number of amides is 1. The molecule has 21 heavy (non-hydrogen) atoms. The Hall–Kier alpha value is -1.95. The third-order valence-corrected chi connectivity index (χ3v) is 3.41. The average molecular weight is 294 g/mol. The summed E-state index contributed by atoms with van der Waals surface area (Å²) in [4.78, 5) is 25.5. The van der Waals surface area contributed by atoms with Crippen molar-refractivity contribution in [3.8, 4) is 0 Å². The molecule has 0 aromatic heterocycles. The number of esters is 1. The van der Waals surface area contributed by atoms with Gasteiger partial charge in [0.1, 0.15) is 11.9 Å². The van der Waals surface area contributed by atoms with Crippen molar-refractivity contribution >= 4 is 11.9 Å². The molecule has 1 aliphatic rings. The van der Waals surface area contributed by atoms with Crippen LogP contribution in [0.3, 0.4) is 0 Å². The fourth-order valence-corrected chi connectivity index (χ4v) is 2.38. The highest BCUT2D eigenvalue weighted by Gasteiger charge is 2.31. The largest absolute Gasteiger partial charge is 0.466 e. The molecule has 6 heteroatoms. The van der Waals surface area contributed by atoms with Crippen LogP contribution in [-0.4, -0.2) is 42.5 Å². The molecule has 1 atom stereocenters. The zero-order valence-electron chi connectivity index (χ0n) is 12.0. The van der Waals surface area contributed by atoms with Crippen molar-refractivity contribution in [1.29, 1.82) is 0 Å². The molecule has 1 N–H and O–H groups in total. The van der Waals surface area contributed by atoms with Crippen LogP contribution in [0.1, 0.15) is 18.9 Å². The number of nitrogens with zero attached hydrogens (tertiary/aromatic N) is 1. The summed E-state index contributed by atoms with van der Waals surface area (Å²) in [5.74, 6) is -0.849. The minimum Gasteiger partial charge on any atom is -0.466 e. The number of nitrogens with one attached hydrogen (secondary N) is 1. The van der Waals surface area contributed by atoms with Crippen LogP contribution in [0.4, 0.5) is 4.39 Å². The number of benzene rings is 1. The Morgan fingerprint density at radius 3 is 2.81 bits per heavy atom. The van der Waals surface area contributed by atoms with Crippen molar-refractivity contribution in [3.63, 3.8) is 0 Å². The molecular weight excluding hydrogens is 275 g/mol. The van der Waals surface area contributed by atoms with E-state index in [4.69, 9.17) is 4.74 Å². The second kappa shape index (κ2) is 7.17. The zero-order valence-corrected chi connectivity index (χ0v) is 12.0. The molecule has 1 aliphatic heterocycles. The van der Waals surface area contributed by atoms with Crippen LogP contribution in [0.25, 0.3) is 0 Å². The Labute approximate surface area is 123 Å². The molecular formula is C15H19FN2O3. The number of halogens is 1. The molecule has 2 rings (SSSR count). The maximum Gasteiger partial charge on any atom is 0.307 e. The van der Waals surface area contributed by atoms with E-state index in [2.05, 4.69) is 5.32 Å². The monoisotopic (exact) mass is 294 g/mol. The molecule has 0 spiro atoms. The quantitative estimate of drug-likeness (QED) is 0.826. The number of hydrogen-bond donors (Lipinski definition) is 1. The summed E-state index contributed by atoms with van der Waals surface area (Å²) >= 11 is 0. The van der Waals surface area contributed by atoms with E-state index in [-0.39, 0.29) is 24.1 Å². The highest BCUT2D eigenvalue weighted by atomic mass is 19.1. The zero-order chi connectivity index (χ0) is 15.2. The Bertz CT molecular complexity index is 504. The lowest BCUT2D eigenvalue weighted by Crippen LogP contribution is -2.55. The summed E-state index contributed by atoms with van der Waals surface area (Å²) < 4.78 is 17.8. The van der Waals surface area contributed by atoms with Crippen LogP contribution in [0.15, 0.2) is 24.3 Å². The maximum absolute atomic E-state index is 12.9. The normalized spacial score (nSPS) is 19.1. The molecule has 5 nitrogen and oxygen atoms in total. The Kier molecular flexibility index (Phi) is 5.27. The molecule has 1 saturated heterocycles. The smallest absolute Gasteiger partial charge is 0.307 e. The van der Waals surface area contributed by atoms with E-state index in [1.807, 2.05) is 4.90 Å². The van der Waals surface area contributed by atoms with Crippen LogP contribution in [0.5, 0.6) is 0 Å². The Balaban J connectivity index is 2.05. The van der Waals surface area contributed by atoms with Crippen molar-refractivity contribution in [2.45, 2.75) is 25.9 Å². The first-order chi connectivity index (χ1) is 10.1. The van der Waals surface area contributed by atoms with E-state index in [0.29, 0.717) is 26.2 Å². The maximum atomic E-state index is 12.9. The fourth-order valence-electron chi connectivity index (χ4n) is 2.38.